The van der Waals surface area contributed by atoms with Crippen molar-refractivity contribution in [2.45, 2.75) is 0 Å². The van der Waals surface area contributed by atoms with Crippen molar-refractivity contribution in [3.8, 4) is 5.75 Å². The lowest BCUT2D eigenvalue weighted by molar-refractivity contribution is -0.123. The first-order valence-electron chi connectivity index (χ1n) is 7.09. The fourth-order valence-electron chi connectivity index (χ4n) is 1.71. The van der Waals surface area contributed by atoms with Crippen LogP contribution < -0.4 is 20.9 Å². The van der Waals surface area contributed by atoms with Crippen LogP contribution in [0.25, 0.3) is 0 Å². The van der Waals surface area contributed by atoms with E-state index >= 15 is 0 Å². The largest absolute Gasteiger partial charge is 0.483 e. The molecule has 2 amide bonds. The normalized spacial score (nSPS) is 9.96. The molecule has 0 heterocycles. The zero-order valence-corrected chi connectivity index (χ0v) is 17.8. The molecule has 0 aromatic heterocycles. The van der Waals surface area contributed by atoms with Gasteiger partial charge in [0.25, 0.3) is 11.8 Å². The topological polar surface area (TPSA) is 79.5 Å². The molecule has 0 unspecified atom stereocenters. The zero-order chi connectivity index (χ0) is 19.1. The molecular formula is C16H12Br2ClN3O3S. The van der Waals surface area contributed by atoms with E-state index in [4.69, 9.17) is 28.6 Å². The third-order valence-corrected chi connectivity index (χ3v) is 4.47. The molecule has 0 saturated carbocycles. The molecule has 3 N–H and O–H groups in total. The highest BCUT2D eigenvalue weighted by Gasteiger charge is 2.09. The number of thiocarbonyl (C=S) groups is 1. The summed E-state index contributed by atoms with van der Waals surface area (Å²) in [5.74, 6) is -0.381. The minimum absolute atomic E-state index is 0.0527. The van der Waals surface area contributed by atoms with Crippen LogP contribution in [-0.4, -0.2) is 23.5 Å². The molecule has 10 heteroatoms. The standard InChI is InChI=1S/C16H12Br2ClN3O3S/c17-10-3-6-13(12(18)7-10)25-8-14(23)21-22-16(26)20-15(24)9-1-4-11(19)5-2-9/h1-7H,8H2,(H,21,23)(H2,20,22,24,26). The summed E-state index contributed by atoms with van der Waals surface area (Å²) in [5, 5.41) is 2.90. The number of rotatable bonds is 4. The monoisotopic (exact) mass is 519 g/mol. The highest BCUT2D eigenvalue weighted by atomic mass is 79.9. The molecule has 2 aromatic rings. The van der Waals surface area contributed by atoms with E-state index in [0.29, 0.717) is 20.8 Å². The molecule has 6 nitrogen and oxygen atoms in total. The molecule has 136 valence electrons. The van der Waals surface area contributed by atoms with Crippen LogP contribution in [0.4, 0.5) is 0 Å². The maximum atomic E-state index is 12.0. The lowest BCUT2D eigenvalue weighted by Crippen LogP contribution is -2.49. The number of carbonyl (C=O) groups excluding carboxylic acids is 2. The number of ether oxygens (including phenoxy) is 1. The fraction of sp³-hybridized carbons (Fsp3) is 0.0625. The summed E-state index contributed by atoms with van der Waals surface area (Å²) in [7, 11) is 0. The van der Waals surface area contributed by atoms with Gasteiger partial charge >= 0.3 is 0 Å². The Morgan fingerprint density at radius 1 is 1.08 bits per heavy atom. The van der Waals surface area contributed by atoms with E-state index in [-0.39, 0.29) is 11.7 Å². The summed E-state index contributed by atoms with van der Waals surface area (Å²) in [6, 6.07) is 11.6. The molecular weight excluding hydrogens is 510 g/mol. The Bertz CT molecular complexity index is 834. The van der Waals surface area contributed by atoms with Gasteiger partial charge < -0.3 is 4.74 Å². The highest BCUT2D eigenvalue weighted by molar-refractivity contribution is 9.11. The van der Waals surface area contributed by atoms with Crippen LogP contribution in [0.3, 0.4) is 0 Å². The maximum Gasteiger partial charge on any atom is 0.276 e. The van der Waals surface area contributed by atoms with Gasteiger partial charge in [0, 0.05) is 15.1 Å². The number of hydrogen-bond acceptors (Lipinski definition) is 4. The van der Waals surface area contributed by atoms with E-state index < -0.39 is 11.8 Å². The summed E-state index contributed by atoms with van der Waals surface area (Å²) in [6.07, 6.45) is 0. The number of hydrogen-bond donors (Lipinski definition) is 3. The summed E-state index contributed by atoms with van der Waals surface area (Å²) >= 11 is 17.4. The highest BCUT2D eigenvalue weighted by Crippen LogP contribution is 2.27. The van der Waals surface area contributed by atoms with E-state index in [9.17, 15) is 9.59 Å². The van der Waals surface area contributed by atoms with Crippen molar-refractivity contribution in [2.75, 3.05) is 6.61 Å². The Labute approximate surface area is 176 Å². The molecule has 0 atom stereocenters. The van der Waals surface area contributed by atoms with E-state index in [2.05, 4.69) is 48.0 Å². The molecule has 0 aliphatic rings. The van der Waals surface area contributed by atoms with Crippen LogP contribution in [-0.2, 0) is 4.79 Å². The fourth-order valence-corrected chi connectivity index (χ4v) is 3.14. The maximum absolute atomic E-state index is 12.0. The Balaban J connectivity index is 1.75. The molecule has 2 aromatic carbocycles. The number of benzene rings is 2. The second-order valence-electron chi connectivity index (χ2n) is 4.83. The molecule has 26 heavy (non-hydrogen) atoms. The van der Waals surface area contributed by atoms with E-state index in [1.165, 1.54) is 0 Å². The number of carbonyl (C=O) groups is 2. The van der Waals surface area contributed by atoms with Crippen LogP contribution in [0.15, 0.2) is 51.4 Å². The zero-order valence-electron chi connectivity index (χ0n) is 13.0. The second kappa shape index (κ2) is 9.86. The number of nitrogens with one attached hydrogen (secondary N) is 3. The third-order valence-electron chi connectivity index (χ3n) is 2.90. The first kappa shape index (κ1) is 20.6. The second-order valence-corrected chi connectivity index (χ2v) is 7.44. The first-order valence-corrected chi connectivity index (χ1v) is 9.46. The van der Waals surface area contributed by atoms with Gasteiger partial charge in [0.1, 0.15) is 5.75 Å². The first-order chi connectivity index (χ1) is 12.3. The van der Waals surface area contributed by atoms with Gasteiger partial charge in [-0.15, -0.1) is 0 Å². The SMILES string of the molecule is O=C(COc1ccc(Br)cc1Br)NNC(=S)NC(=O)c1ccc(Cl)cc1. The molecule has 0 aliphatic heterocycles. The Kier molecular flexibility index (Phi) is 7.83. The number of halogens is 3. The van der Waals surface area contributed by atoms with Gasteiger partial charge in [-0.25, -0.2) is 0 Å². The summed E-state index contributed by atoms with van der Waals surface area (Å²) in [4.78, 5) is 23.7. The van der Waals surface area contributed by atoms with E-state index in [0.717, 1.165) is 4.47 Å². The summed E-state index contributed by atoms with van der Waals surface area (Å²) < 4.78 is 6.97. The van der Waals surface area contributed by atoms with Crippen LogP contribution in [0.5, 0.6) is 5.75 Å². The van der Waals surface area contributed by atoms with Gasteiger partial charge in [-0.1, -0.05) is 27.5 Å². The van der Waals surface area contributed by atoms with E-state index in [1.54, 1.807) is 42.5 Å². The minimum Gasteiger partial charge on any atom is -0.483 e. The van der Waals surface area contributed by atoms with E-state index in [1.807, 2.05) is 0 Å². The van der Waals surface area contributed by atoms with Gasteiger partial charge in [-0.2, -0.15) is 0 Å². The van der Waals surface area contributed by atoms with Crippen molar-refractivity contribution < 1.29 is 14.3 Å². The van der Waals surface area contributed by atoms with Crippen LogP contribution in [0.1, 0.15) is 10.4 Å². The van der Waals surface area contributed by atoms with Crippen molar-refractivity contribution in [2.24, 2.45) is 0 Å². The van der Waals surface area contributed by atoms with Crippen molar-refractivity contribution >= 4 is 72.6 Å². The van der Waals surface area contributed by atoms with Crippen molar-refractivity contribution in [1.29, 1.82) is 0 Å². The number of amides is 2. The minimum atomic E-state index is -0.470. The van der Waals surface area contributed by atoms with Crippen molar-refractivity contribution in [3.63, 3.8) is 0 Å². The summed E-state index contributed by atoms with van der Waals surface area (Å²) in [5.41, 5.74) is 5.15. The summed E-state index contributed by atoms with van der Waals surface area (Å²) in [6.45, 7) is -0.235. The Hall–Kier alpha value is -1.68. The van der Waals surface area contributed by atoms with Gasteiger partial charge in [-0.3, -0.25) is 25.8 Å². The molecule has 0 fully saturated rings. The van der Waals surface area contributed by atoms with Crippen molar-refractivity contribution in [1.82, 2.24) is 16.2 Å². The van der Waals surface area contributed by atoms with Gasteiger partial charge in [0.05, 0.1) is 4.47 Å². The smallest absolute Gasteiger partial charge is 0.276 e. The van der Waals surface area contributed by atoms with Gasteiger partial charge in [0.15, 0.2) is 11.7 Å². The molecule has 2 rings (SSSR count). The Morgan fingerprint density at radius 3 is 2.42 bits per heavy atom. The predicted octanol–water partition coefficient (Wildman–Crippen LogP) is 3.58. The lowest BCUT2D eigenvalue weighted by atomic mass is 10.2. The lowest BCUT2D eigenvalue weighted by Gasteiger charge is -2.12. The average Bonchev–Trinajstić information content (AvgIpc) is 2.59. The average molecular weight is 522 g/mol. The van der Waals surface area contributed by atoms with Crippen molar-refractivity contribution in [3.05, 3.63) is 62.0 Å². The third kappa shape index (κ3) is 6.56. The molecule has 0 spiro atoms. The number of hydrazine groups is 1. The molecule has 0 radical (unpaired) electrons. The van der Waals surface area contributed by atoms with Gasteiger partial charge in [0.2, 0.25) is 0 Å². The molecule has 0 aliphatic carbocycles. The quantitative estimate of drug-likeness (QED) is 0.424. The van der Waals surface area contributed by atoms with Crippen LogP contribution in [0, 0.1) is 0 Å². The molecule has 0 saturated heterocycles. The Morgan fingerprint density at radius 2 is 1.77 bits per heavy atom. The predicted molar refractivity (Wildman–Crippen MR) is 110 cm³/mol. The van der Waals surface area contributed by atoms with Crippen LogP contribution in [0.2, 0.25) is 5.02 Å². The van der Waals surface area contributed by atoms with Crippen LogP contribution >= 0.6 is 55.7 Å². The van der Waals surface area contributed by atoms with Gasteiger partial charge in [-0.05, 0) is 70.6 Å². The molecule has 0 bridgehead atoms.